The first-order valence-electron chi connectivity index (χ1n) is 7.84. The van der Waals surface area contributed by atoms with Crippen molar-refractivity contribution in [2.45, 2.75) is 6.42 Å². The fourth-order valence-corrected chi connectivity index (χ4v) is 4.16. The van der Waals surface area contributed by atoms with Gasteiger partial charge in [0.05, 0.1) is 0 Å². The molecule has 0 spiro atoms. The Hall–Kier alpha value is -1.69. The number of hydrogen-bond acceptors (Lipinski definition) is 5. The number of rotatable bonds is 2. The standard InChI is InChI=1S/C17H20N4S/c1-2-5-14(6-3-1)16-11-15-12-19-13-21(17(15)22-16)20-9-4-7-18-8-10-20/h1-3,5-6,11-12,18H,4,7-10,13H2. The Labute approximate surface area is 135 Å². The summed E-state index contributed by atoms with van der Waals surface area (Å²) in [6.07, 6.45) is 3.21. The van der Waals surface area contributed by atoms with Crippen molar-refractivity contribution in [3.63, 3.8) is 0 Å². The third-order valence-corrected chi connectivity index (χ3v) is 5.35. The van der Waals surface area contributed by atoms with Crippen LogP contribution in [0.5, 0.6) is 0 Å². The molecule has 2 aliphatic heterocycles. The summed E-state index contributed by atoms with van der Waals surface area (Å²) in [5, 5.41) is 9.60. The largest absolute Gasteiger partial charge is 0.315 e. The highest BCUT2D eigenvalue weighted by molar-refractivity contribution is 7.19. The van der Waals surface area contributed by atoms with E-state index in [9.17, 15) is 0 Å². The van der Waals surface area contributed by atoms with Gasteiger partial charge in [-0.1, -0.05) is 30.3 Å². The van der Waals surface area contributed by atoms with E-state index in [2.05, 4.69) is 56.7 Å². The first kappa shape index (κ1) is 13.9. The van der Waals surface area contributed by atoms with Gasteiger partial charge in [0, 0.05) is 36.3 Å². The molecule has 1 fully saturated rings. The summed E-state index contributed by atoms with van der Waals surface area (Å²) in [6, 6.07) is 12.9. The molecular formula is C17H20N4S. The lowest BCUT2D eigenvalue weighted by molar-refractivity contribution is 0.268. The number of benzene rings is 1. The van der Waals surface area contributed by atoms with E-state index in [-0.39, 0.29) is 0 Å². The summed E-state index contributed by atoms with van der Waals surface area (Å²) in [7, 11) is 0. The predicted octanol–water partition coefficient (Wildman–Crippen LogP) is 2.82. The molecule has 4 rings (SSSR count). The van der Waals surface area contributed by atoms with Crippen molar-refractivity contribution in [1.82, 2.24) is 10.3 Å². The van der Waals surface area contributed by atoms with Gasteiger partial charge in [-0.05, 0) is 24.6 Å². The Morgan fingerprint density at radius 3 is 2.91 bits per heavy atom. The molecule has 2 aromatic rings. The second-order valence-electron chi connectivity index (χ2n) is 5.65. The second-order valence-corrected chi connectivity index (χ2v) is 6.68. The van der Waals surface area contributed by atoms with Crippen LogP contribution in [0.4, 0.5) is 5.00 Å². The number of anilines is 1. The van der Waals surface area contributed by atoms with Crippen LogP contribution in [0.15, 0.2) is 41.4 Å². The van der Waals surface area contributed by atoms with E-state index in [0.717, 1.165) is 32.8 Å². The minimum Gasteiger partial charge on any atom is -0.315 e. The van der Waals surface area contributed by atoms with Crippen molar-refractivity contribution < 1.29 is 0 Å². The van der Waals surface area contributed by atoms with Gasteiger partial charge in [0.25, 0.3) is 0 Å². The van der Waals surface area contributed by atoms with Crippen LogP contribution in [0.1, 0.15) is 12.0 Å². The third kappa shape index (κ3) is 2.67. The fraction of sp³-hybridized carbons (Fsp3) is 0.353. The summed E-state index contributed by atoms with van der Waals surface area (Å²) in [5.41, 5.74) is 2.53. The second kappa shape index (κ2) is 6.20. The van der Waals surface area contributed by atoms with Crippen LogP contribution in [0.25, 0.3) is 10.4 Å². The number of fused-ring (bicyclic) bond motifs is 1. The molecule has 0 saturated carbocycles. The van der Waals surface area contributed by atoms with Crippen LogP contribution >= 0.6 is 11.3 Å². The maximum atomic E-state index is 4.56. The molecule has 5 heteroatoms. The molecule has 0 unspecified atom stereocenters. The van der Waals surface area contributed by atoms with Gasteiger partial charge in [0.15, 0.2) is 0 Å². The van der Waals surface area contributed by atoms with Crippen LogP contribution in [-0.4, -0.2) is 44.1 Å². The van der Waals surface area contributed by atoms with Gasteiger partial charge in [-0.15, -0.1) is 11.3 Å². The topological polar surface area (TPSA) is 30.9 Å². The summed E-state index contributed by atoms with van der Waals surface area (Å²) in [6.45, 7) is 5.04. The third-order valence-electron chi connectivity index (χ3n) is 4.14. The van der Waals surface area contributed by atoms with Crippen molar-refractivity contribution in [2.24, 2.45) is 4.99 Å². The Balaban J connectivity index is 1.66. The quantitative estimate of drug-likeness (QED) is 0.925. The minimum absolute atomic E-state index is 0.738. The monoisotopic (exact) mass is 312 g/mol. The van der Waals surface area contributed by atoms with E-state index in [1.807, 2.05) is 17.6 Å². The fourth-order valence-electron chi connectivity index (χ4n) is 3.01. The van der Waals surface area contributed by atoms with Crippen LogP contribution < -0.4 is 10.3 Å². The molecule has 0 atom stereocenters. The molecule has 0 bridgehead atoms. The molecule has 1 aromatic carbocycles. The number of aliphatic imine (C=N–C) groups is 1. The Bertz CT molecular complexity index is 657. The van der Waals surface area contributed by atoms with E-state index < -0.39 is 0 Å². The molecule has 22 heavy (non-hydrogen) atoms. The van der Waals surface area contributed by atoms with E-state index in [1.165, 1.54) is 27.4 Å². The van der Waals surface area contributed by atoms with Crippen LogP contribution in [-0.2, 0) is 0 Å². The molecule has 0 amide bonds. The van der Waals surface area contributed by atoms with E-state index >= 15 is 0 Å². The van der Waals surface area contributed by atoms with Gasteiger partial charge in [-0.3, -0.25) is 10.0 Å². The van der Waals surface area contributed by atoms with Crippen molar-refractivity contribution >= 4 is 22.6 Å². The maximum absolute atomic E-state index is 4.56. The first-order valence-corrected chi connectivity index (χ1v) is 8.66. The lowest BCUT2D eigenvalue weighted by atomic mass is 10.1. The van der Waals surface area contributed by atoms with Gasteiger partial charge >= 0.3 is 0 Å². The zero-order chi connectivity index (χ0) is 14.8. The maximum Gasteiger partial charge on any atom is 0.126 e. The molecule has 2 aliphatic rings. The zero-order valence-corrected chi connectivity index (χ0v) is 13.4. The van der Waals surface area contributed by atoms with E-state index in [1.54, 1.807) is 0 Å². The van der Waals surface area contributed by atoms with Gasteiger partial charge in [0.2, 0.25) is 0 Å². The normalized spacial score (nSPS) is 19.0. The van der Waals surface area contributed by atoms with Crippen molar-refractivity contribution in [3.8, 4) is 10.4 Å². The SMILES string of the molecule is C1=NCN(N2CCCNCC2)c2sc(-c3ccccc3)cc21. The van der Waals surface area contributed by atoms with Crippen LogP contribution in [0, 0.1) is 0 Å². The zero-order valence-electron chi connectivity index (χ0n) is 12.5. The summed E-state index contributed by atoms with van der Waals surface area (Å²) in [5.74, 6) is 0. The molecular weight excluding hydrogens is 292 g/mol. The van der Waals surface area contributed by atoms with Crippen molar-refractivity contribution in [2.75, 3.05) is 37.9 Å². The molecule has 1 aromatic heterocycles. The molecule has 114 valence electrons. The molecule has 0 radical (unpaired) electrons. The predicted molar refractivity (Wildman–Crippen MR) is 93.8 cm³/mol. The Morgan fingerprint density at radius 1 is 1.09 bits per heavy atom. The van der Waals surface area contributed by atoms with Crippen LogP contribution in [0.2, 0.25) is 0 Å². The van der Waals surface area contributed by atoms with Gasteiger partial charge < -0.3 is 5.32 Å². The van der Waals surface area contributed by atoms with E-state index in [0.29, 0.717) is 0 Å². The molecule has 4 nitrogen and oxygen atoms in total. The summed E-state index contributed by atoms with van der Waals surface area (Å²) >= 11 is 1.87. The first-order chi connectivity index (χ1) is 10.9. The van der Waals surface area contributed by atoms with Gasteiger partial charge in [-0.2, -0.15) is 0 Å². The average molecular weight is 312 g/mol. The Kier molecular flexibility index (Phi) is 3.93. The summed E-state index contributed by atoms with van der Waals surface area (Å²) in [4.78, 5) is 5.87. The number of thiophene rings is 1. The summed E-state index contributed by atoms with van der Waals surface area (Å²) < 4.78 is 0. The highest BCUT2D eigenvalue weighted by atomic mass is 32.1. The lowest BCUT2D eigenvalue weighted by Gasteiger charge is -2.35. The number of nitrogens with zero attached hydrogens (tertiary/aromatic N) is 3. The van der Waals surface area contributed by atoms with Crippen molar-refractivity contribution in [1.29, 1.82) is 0 Å². The highest BCUT2D eigenvalue weighted by Crippen LogP contribution is 2.39. The van der Waals surface area contributed by atoms with Crippen LogP contribution in [0.3, 0.4) is 0 Å². The molecule has 3 heterocycles. The molecule has 1 saturated heterocycles. The smallest absolute Gasteiger partial charge is 0.126 e. The van der Waals surface area contributed by atoms with Gasteiger partial charge in [-0.25, -0.2) is 5.01 Å². The Morgan fingerprint density at radius 2 is 2.00 bits per heavy atom. The lowest BCUT2D eigenvalue weighted by Crippen LogP contribution is -2.45. The van der Waals surface area contributed by atoms with Gasteiger partial charge in [0.1, 0.15) is 11.7 Å². The molecule has 0 aliphatic carbocycles. The average Bonchev–Trinajstić information content (AvgIpc) is 2.83. The highest BCUT2D eigenvalue weighted by Gasteiger charge is 2.24. The number of hydrazine groups is 1. The van der Waals surface area contributed by atoms with E-state index in [4.69, 9.17) is 0 Å². The number of hydrogen-bond donors (Lipinski definition) is 1. The minimum atomic E-state index is 0.738. The number of nitrogens with one attached hydrogen (secondary N) is 1. The van der Waals surface area contributed by atoms with Crippen molar-refractivity contribution in [3.05, 3.63) is 42.0 Å². The molecule has 1 N–H and O–H groups in total.